The zero-order valence-electron chi connectivity index (χ0n) is 14.9. The van der Waals surface area contributed by atoms with Gasteiger partial charge in [0, 0.05) is 45.7 Å². The molecule has 1 aromatic carbocycles. The van der Waals surface area contributed by atoms with Gasteiger partial charge in [-0.1, -0.05) is 6.07 Å². The summed E-state index contributed by atoms with van der Waals surface area (Å²) in [5, 5.41) is 15.1. The van der Waals surface area contributed by atoms with Crippen LogP contribution in [0.15, 0.2) is 23.2 Å². The fraction of sp³-hybridized carbons (Fsp3) is 0.556. The average Bonchev–Trinajstić information content (AvgIpc) is 2.64. The minimum atomic E-state index is -0.395. The summed E-state index contributed by atoms with van der Waals surface area (Å²) >= 11 is 0. The van der Waals surface area contributed by atoms with E-state index in [1.165, 1.54) is 6.07 Å². The van der Waals surface area contributed by atoms with Gasteiger partial charge < -0.3 is 20.6 Å². The van der Waals surface area contributed by atoms with Gasteiger partial charge in [-0.2, -0.15) is 0 Å². The summed E-state index contributed by atoms with van der Waals surface area (Å²) in [6, 6.07) is 4.73. The highest BCUT2D eigenvalue weighted by Crippen LogP contribution is 2.20. The van der Waals surface area contributed by atoms with Gasteiger partial charge in [0.25, 0.3) is 0 Å². The van der Waals surface area contributed by atoms with Crippen LogP contribution >= 0.6 is 0 Å². The van der Waals surface area contributed by atoms with Crippen molar-refractivity contribution in [1.82, 2.24) is 15.5 Å². The molecule has 7 heteroatoms. The third-order valence-corrected chi connectivity index (χ3v) is 4.61. The second kappa shape index (κ2) is 9.36. The van der Waals surface area contributed by atoms with Crippen LogP contribution in [0.2, 0.25) is 0 Å². The molecule has 3 N–H and O–H groups in total. The van der Waals surface area contributed by atoms with Crippen molar-refractivity contribution in [2.24, 2.45) is 10.9 Å². The lowest BCUT2D eigenvalue weighted by Crippen LogP contribution is -2.45. The molecule has 0 unspecified atom stereocenters. The second-order valence-corrected chi connectivity index (χ2v) is 6.29. The first-order valence-electron chi connectivity index (χ1n) is 8.61. The molecule has 1 aliphatic rings. The predicted molar refractivity (Wildman–Crippen MR) is 95.5 cm³/mol. The minimum absolute atomic E-state index is 0.0944. The van der Waals surface area contributed by atoms with E-state index in [2.05, 4.69) is 20.5 Å². The molecular formula is C18H27FN4O2. The van der Waals surface area contributed by atoms with Crippen molar-refractivity contribution in [3.8, 4) is 0 Å². The largest absolute Gasteiger partial charge is 0.392 e. The van der Waals surface area contributed by atoms with Crippen LogP contribution in [0.3, 0.4) is 0 Å². The predicted octanol–water partition coefficient (Wildman–Crippen LogP) is 1.24. The van der Waals surface area contributed by atoms with Gasteiger partial charge >= 0.3 is 0 Å². The molecule has 6 nitrogen and oxygen atoms in total. The van der Waals surface area contributed by atoms with E-state index in [0.717, 1.165) is 37.5 Å². The van der Waals surface area contributed by atoms with Gasteiger partial charge in [0.15, 0.2) is 5.96 Å². The monoisotopic (exact) mass is 350 g/mol. The van der Waals surface area contributed by atoms with Gasteiger partial charge in [-0.3, -0.25) is 9.79 Å². The van der Waals surface area contributed by atoms with Gasteiger partial charge in [0.05, 0.1) is 6.61 Å². The summed E-state index contributed by atoms with van der Waals surface area (Å²) < 4.78 is 13.4. The maximum Gasteiger partial charge on any atom is 0.220 e. The van der Waals surface area contributed by atoms with Crippen LogP contribution in [-0.4, -0.2) is 49.1 Å². The van der Waals surface area contributed by atoms with Crippen molar-refractivity contribution in [2.75, 3.05) is 27.2 Å². The highest BCUT2D eigenvalue weighted by Gasteiger charge is 2.23. The quantitative estimate of drug-likeness (QED) is 0.552. The van der Waals surface area contributed by atoms with Crippen molar-refractivity contribution in [3.63, 3.8) is 0 Å². The molecule has 0 radical (unpaired) electrons. The number of hydrogen-bond donors (Lipinski definition) is 3. The Morgan fingerprint density at radius 2 is 2.12 bits per heavy atom. The molecular weight excluding hydrogens is 323 g/mol. The number of aliphatic imine (C=N–C) groups is 1. The molecule has 1 aliphatic heterocycles. The summed E-state index contributed by atoms with van der Waals surface area (Å²) in [6.45, 7) is 1.91. The fourth-order valence-electron chi connectivity index (χ4n) is 3.09. The lowest BCUT2D eigenvalue weighted by molar-refractivity contribution is -0.121. The first-order valence-corrected chi connectivity index (χ1v) is 8.61. The number of aliphatic hydroxyl groups is 1. The van der Waals surface area contributed by atoms with E-state index >= 15 is 0 Å². The van der Waals surface area contributed by atoms with Crippen molar-refractivity contribution in [1.29, 1.82) is 0 Å². The molecule has 0 aliphatic carbocycles. The van der Waals surface area contributed by atoms with E-state index in [1.807, 2.05) is 0 Å². The average molecular weight is 350 g/mol. The standard InChI is InChI=1S/C18H27FN4O2/c1-20-17(25)10-13-5-7-23(8-6-13)18(21-2)22-11-14-3-4-16(19)15(9-14)12-24/h3-4,9,13,24H,5-8,10-12H2,1-2H3,(H,20,25)(H,21,22). The third-order valence-electron chi connectivity index (χ3n) is 4.61. The van der Waals surface area contributed by atoms with Crippen LogP contribution in [0.4, 0.5) is 4.39 Å². The summed E-state index contributed by atoms with van der Waals surface area (Å²) in [6.07, 6.45) is 2.49. The van der Waals surface area contributed by atoms with Crippen molar-refractivity contribution in [3.05, 3.63) is 35.1 Å². The number of piperidine rings is 1. The molecule has 0 spiro atoms. The Labute approximate surface area is 148 Å². The Balaban J connectivity index is 1.86. The summed E-state index contributed by atoms with van der Waals surface area (Å²) in [7, 11) is 3.41. The van der Waals surface area contributed by atoms with E-state index in [9.17, 15) is 9.18 Å². The molecule has 1 saturated heterocycles. The minimum Gasteiger partial charge on any atom is -0.392 e. The lowest BCUT2D eigenvalue weighted by atomic mass is 9.93. The number of halogens is 1. The van der Waals surface area contributed by atoms with Gasteiger partial charge in [-0.15, -0.1) is 0 Å². The Kier molecular flexibility index (Phi) is 7.18. The van der Waals surface area contributed by atoms with Crippen LogP contribution in [0.25, 0.3) is 0 Å². The lowest BCUT2D eigenvalue weighted by Gasteiger charge is -2.34. The maximum atomic E-state index is 13.4. The zero-order valence-corrected chi connectivity index (χ0v) is 14.9. The topological polar surface area (TPSA) is 77.0 Å². The number of guanidine groups is 1. The van der Waals surface area contributed by atoms with Gasteiger partial charge in [0.2, 0.25) is 5.91 Å². The van der Waals surface area contributed by atoms with Gasteiger partial charge in [-0.05, 0) is 36.5 Å². The van der Waals surface area contributed by atoms with E-state index in [4.69, 9.17) is 5.11 Å². The normalized spacial score (nSPS) is 16.0. The molecule has 0 atom stereocenters. The number of aliphatic hydroxyl groups excluding tert-OH is 1. The number of carbonyl (C=O) groups is 1. The van der Waals surface area contributed by atoms with E-state index in [-0.39, 0.29) is 12.5 Å². The highest BCUT2D eigenvalue weighted by atomic mass is 19.1. The smallest absolute Gasteiger partial charge is 0.220 e. The molecule has 25 heavy (non-hydrogen) atoms. The highest BCUT2D eigenvalue weighted by molar-refractivity contribution is 5.80. The molecule has 1 aromatic rings. The zero-order chi connectivity index (χ0) is 18.2. The molecule has 0 saturated carbocycles. The first kappa shape index (κ1) is 19.2. The number of rotatable bonds is 5. The van der Waals surface area contributed by atoms with Gasteiger partial charge in [0.1, 0.15) is 5.82 Å². The van der Waals surface area contributed by atoms with E-state index < -0.39 is 5.82 Å². The number of amides is 1. The van der Waals surface area contributed by atoms with Crippen molar-refractivity contribution >= 4 is 11.9 Å². The summed E-state index contributed by atoms with van der Waals surface area (Å²) in [4.78, 5) is 18.0. The van der Waals surface area contributed by atoms with Gasteiger partial charge in [-0.25, -0.2) is 4.39 Å². The van der Waals surface area contributed by atoms with Crippen LogP contribution in [0.5, 0.6) is 0 Å². The fourth-order valence-corrected chi connectivity index (χ4v) is 3.09. The van der Waals surface area contributed by atoms with Crippen LogP contribution in [0.1, 0.15) is 30.4 Å². The van der Waals surface area contributed by atoms with E-state index in [0.29, 0.717) is 24.4 Å². The summed E-state index contributed by atoms with van der Waals surface area (Å²) in [5.74, 6) is 0.914. The van der Waals surface area contributed by atoms with Crippen molar-refractivity contribution in [2.45, 2.75) is 32.4 Å². The molecule has 1 fully saturated rings. The Hall–Kier alpha value is -2.15. The number of carbonyl (C=O) groups excluding carboxylic acids is 1. The first-order chi connectivity index (χ1) is 12.1. The van der Waals surface area contributed by atoms with E-state index in [1.54, 1.807) is 26.2 Å². The SMILES string of the molecule is CN=C(NCc1ccc(F)c(CO)c1)N1CCC(CC(=O)NC)CC1. The molecule has 138 valence electrons. The van der Waals surface area contributed by atoms with Crippen LogP contribution < -0.4 is 10.6 Å². The number of benzene rings is 1. The molecule has 0 bridgehead atoms. The Morgan fingerprint density at radius 3 is 2.72 bits per heavy atom. The molecule has 0 aromatic heterocycles. The Bertz CT molecular complexity index is 613. The number of likely N-dealkylation sites (tertiary alicyclic amines) is 1. The number of nitrogens with one attached hydrogen (secondary N) is 2. The number of nitrogens with zero attached hydrogens (tertiary/aromatic N) is 2. The second-order valence-electron chi connectivity index (χ2n) is 6.29. The van der Waals surface area contributed by atoms with Crippen molar-refractivity contribution < 1.29 is 14.3 Å². The summed E-state index contributed by atoms with van der Waals surface area (Å²) in [5.41, 5.74) is 1.19. The molecule has 2 rings (SSSR count). The van der Waals surface area contributed by atoms with Crippen LogP contribution in [-0.2, 0) is 17.9 Å². The molecule has 1 heterocycles. The maximum absolute atomic E-state index is 13.4. The molecule has 1 amide bonds. The van der Waals surface area contributed by atoms with Crippen LogP contribution in [0, 0.1) is 11.7 Å². The number of hydrogen-bond acceptors (Lipinski definition) is 3. The Morgan fingerprint density at radius 1 is 1.40 bits per heavy atom. The third kappa shape index (κ3) is 5.42.